The van der Waals surface area contributed by atoms with Crippen molar-refractivity contribution in [1.82, 2.24) is 0 Å². The highest BCUT2D eigenvalue weighted by molar-refractivity contribution is 5.84. The molecule has 3 heteroatoms. The lowest BCUT2D eigenvalue weighted by Gasteiger charge is -2.29. The highest BCUT2D eigenvalue weighted by Gasteiger charge is 2.11. The molecule has 1 aliphatic heterocycles. The summed E-state index contributed by atoms with van der Waals surface area (Å²) in [4.78, 5) is 7.00. The Kier molecular flexibility index (Phi) is 4.77. The summed E-state index contributed by atoms with van der Waals surface area (Å²) in [6.45, 7) is 9.95. The van der Waals surface area contributed by atoms with Crippen LogP contribution in [0.3, 0.4) is 0 Å². The summed E-state index contributed by atoms with van der Waals surface area (Å²) in [6, 6.07) is 12.9. The van der Waals surface area contributed by atoms with E-state index in [4.69, 9.17) is 4.74 Å². The van der Waals surface area contributed by atoms with E-state index in [9.17, 15) is 0 Å². The van der Waals surface area contributed by atoms with Crippen molar-refractivity contribution in [2.45, 2.75) is 20.8 Å². The molecule has 1 heterocycles. The van der Waals surface area contributed by atoms with Crippen molar-refractivity contribution in [2.75, 3.05) is 31.2 Å². The zero-order valence-electron chi connectivity index (χ0n) is 14.2. The van der Waals surface area contributed by atoms with Crippen molar-refractivity contribution < 1.29 is 4.74 Å². The number of hydrogen-bond acceptors (Lipinski definition) is 3. The van der Waals surface area contributed by atoms with Crippen molar-refractivity contribution >= 4 is 17.6 Å². The molecule has 2 aromatic rings. The van der Waals surface area contributed by atoms with E-state index in [1.807, 2.05) is 6.21 Å². The monoisotopic (exact) mass is 308 g/mol. The molecule has 0 unspecified atom stereocenters. The molecule has 120 valence electrons. The fraction of sp³-hybridized carbons (Fsp3) is 0.350. The van der Waals surface area contributed by atoms with Crippen LogP contribution in [0.1, 0.15) is 22.3 Å². The Labute approximate surface area is 138 Å². The van der Waals surface area contributed by atoms with Gasteiger partial charge in [0.2, 0.25) is 0 Å². The lowest BCUT2D eigenvalue weighted by Crippen LogP contribution is -2.36. The van der Waals surface area contributed by atoms with Crippen LogP contribution >= 0.6 is 0 Å². The second-order valence-corrected chi connectivity index (χ2v) is 6.17. The van der Waals surface area contributed by atoms with Crippen LogP contribution in [-0.4, -0.2) is 32.5 Å². The van der Waals surface area contributed by atoms with Gasteiger partial charge >= 0.3 is 0 Å². The molecule has 0 aromatic heterocycles. The Morgan fingerprint density at radius 2 is 1.70 bits per heavy atom. The maximum atomic E-state index is 5.42. The van der Waals surface area contributed by atoms with Gasteiger partial charge in [-0.3, -0.25) is 4.99 Å². The van der Waals surface area contributed by atoms with Gasteiger partial charge in [0, 0.05) is 25.0 Å². The van der Waals surface area contributed by atoms with Crippen LogP contribution in [0, 0.1) is 20.8 Å². The van der Waals surface area contributed by atoms with E-state index >= 15 is 0 Å². The zero-order chi connectivity index (χ0) is 16.2. The normalized spacial score (nSPS) is 15.3. The molecule has 2 aromatic carbocycles. The fourth-order valence-electron chi connectivity index (χ4n) is 2.77. The average Bonchev–Trinajstić information content (AvgIpc) is 2.57. The Bertz CT molecular complexity index is 716. The first-order chi connectivity index (χ1) is 11.1. The third-order valence-corrected chi connectivity index (χ3v) is 4.47. The predicted octanol–water partition coefficient (Wildman–Crippen LogP) is 4.20. The summed E-state index contributed by atoms with van der Waals surface area (Å²) < 4.78 is 5.42. The number of anilines is 1. The van der Waals surface area contributed by atoms with Crippen LogP contribution < -0.4 is 4.90 Å². The van der Waals surface area contributed by atoms with Gasteiger partial charge in [0.05, 0.1) is 18.9 Å². The topological polar surface area (TPSA) is 24.8 Å². The van der Waals surface area contributed by atoms with E-state index in [0.717, 1.165) is 32.0 Å². The number of morpholine rings is 1. The van der Waals surface area contributed by atoms with Crippen LogP contribution in [0.4, 0.5) is 11.4 Å². The van der Waals surface area contributed by atoms with Gasteiger partial charge in [-0.2, -0.15) is 0 Å². The Hall–Kier alpha value is -2.13. The molecular weight excluding hydrogens is 284 g/mol. The van der Waals surface area contributed by atoms with Gasteiger partial charge in [-0.15, -0.1) is 0 Å². The first-order valence-corrected chi connectivity index (χ1v) is 8.18. The quantitative estimate of drug-likeness (QED) is 0.794. The number of aliphatic imine (C=N–C) groups is 1. The van der Waals surface area contributed by atoms with Gasteiger partial charge in [0.25, 0.3) is 0 Å². The first-order valence-electron chi connectivity index (χ1n) is 8.18. The minimum atomic E-state index is 0.815. The van der Waals surface area contributed by atoms with Gasteiger partial charge in [-0.1, -0.05) is 12.1 Å². The zero-order valence-corrected chi connectivity index (χ0v) is 14.2. The Morgan fingerprint density at radius 3 is 2.39 bits per heavy atom. The number of rotatable bonds is 3. The average molecular weight is 308 g/mol. The van der Waals surface area contributed by atoms with E-state index in [0.29, 0.717) is 0 Å². The summed E-state index contributed by atoms with van der Waals surface area (Å²) in [5.74, 6) is 0. The molecule has 1 saturated heterocycles. The highest BCUT2D eigenvalue weighted by atomic mass is 16.5. The Morgan fingerprint density at radius 1 is 0.913 bits per heavy atom. The lowest BCUT2D eigenvalue weighted by atomic mass is 10.1. The molecule has 0 spiro atoms. The third kappa shape index (κ3) is 3.80. The van der Waals surface area contributed by atoms with E-state index in [2.05, 4.69) is 67.1 Å². The minimum absolute atomic E-state index is 0.815. The van der Waals surface area contributed by atoms with Crippen molar-refractivity contribution in [2.24, 2.45) is 4.99 Å². The maximum Gasteiger partial charge on any atom is 0.0642 e. The second kappa shape index (κ2) is 6.97. The molecule has 3 nitrogen and oxygen atoms in total. The molecule has 0 N–H and O–H groups in total. The standard InChI is InChI=1S/C20H24N2O/c1-15-4-6-19(12-16(15)2)21-14-18-5-7-20(13-17(18)3)22-8-10-23-11-9-22/h4-7,12-14H,8-11H2,1-3H3. The number of aryl methyl sites for hydroxylation is 3. The van der Waals surface area contributed by atoms with Crippen LogP contribution in [0.15, 0.2) is 41.4 Å². The van der Waals surface area contributed by atoms with E-state index in [-0.39, 0.29) is 0 Å². The molecule has 1 aliphatic rings. The minimum Gasteiger partial charge on any atom is -0.378 e. The largest absolute Gasteiger partial charge is 0.378 e. The predicted molar refractivity (Wildman–Crippen MR) is 97.4 cm³/mol. The van der Waals surface area contributed by atoms with E-state index < -0.39 is 0 Å². The fourth-order valence-corrected chi connectivity index (χ4v) is 2.77. The van der Waals surface area contributed by atoms with Gasteiger partial charge in [0.15, 0.2) is 0 Å². The lowest BCUT2D eigenvalue weighted by molar-refractivity contribution is 0.122. The van der Waals surface area contributed by atoms with Crippen molar-refractivity contribution in [1.29, 1.82) is 0 Å². The van der Waals surface area contributed by atoms with Crippen LogP contribution in [0.25, 0.3) is 0 Å². The molecule has 3 rings (SSSR count). The SMILES string of the molecule is Cc1ccc(N=Cc2ccc(N3CCOCC3)cc2C)cc1C. The molecule has 0 amide bonds. The summed E-state index contributed by atoms with van der Waals surface area (Å²) in [5.41, 5.74) is 7.27. The Balaban J connectivity index is 1.77. The summed E-state index contributed by atoms with van der Waals surface area (Å²) in [7, 11) is 0. The van der Waals surface area contributed by atoms with Gasteiger partial charge in [-0.05, 0) is 67.3 Å². The summed E-state index contributed by atoms with van der Waals surface area (Å²) in [6.07, 6.45) is 1.96. The van der Waals surface area contributed by atoms with Crippen molar-refractivity contribution in [3.63, 3.8) is 0 Å². The molecule has 0 atom stereocenters. The molecule has 0 radical (unpaired) electrons. The molecule has 1 fully saturated rings. The second-order valence-electron chi connectivity index (χ2n) is 6.17. The van der Waals surface area contributed by atoms with Crippen molar-refractivity contribution in [3.05, 3.63) is 58.7 Å². The molecule has 0 aliphatic carbocycles. The van der Waals surface area contributed by atoms with Crippen molar-refractivity contribution in [3.8, 4) is 0 Å². The number of benzene rings is 2. The van der Waals surface area contributed by atoms with Crippen LogP contribution in [-0.2, 0) is 4.74 Å². The number of hydrogen-bond donors (Lipinski definition) is 0. The van der Waals surface area contributed by atoms with Gasteiger partial charge in [0.1, 0.15) is 0 Å². The van der Waals surface area contributed by atoms with Gasteiger partial charge in [-0.25, -0.2) is 0 Å². The summed E-state index contributed by atoms with van der Waals surface area (Å²) >= 11 is 0. The number of nitrogens with zero attached hydrogens (tertiary/aromatic N) is 2. The first kappa shape index (κ1) is 15.8. The van der Waals surface area contributed by atoms with E-state index in [1.165, 1.54) is 27.9 Å². The molecule has 0 bridgehead atoms. The van der Waals surface area contributed by atoms with Crippen LogP contribution in [0.5, 0.6) is 0 Å². The molecule has 23 heavy (non-hydrogen) atoms. The van der Waals surface area contributed by atoms with Crippen LogP contribution in [0.2, 0.25) is 0 Å². The highest BCUT2D eigenvalue weighted by Crippen LogP contribution is 2.21. The smallest absolute Gasteiger partial charge is 0.0642 e. The van der Waals surface area contributed by atoms with Gasteiger partial charge < -0.3 is 9.64 Å². The summed E-state index contributed by atoms with van der Waals surface area (Å²) in [5, 5.41) is 0. The van der Waals surface area contributed by atoms with E-state index in [1.54, 1.807) is 0 Å². The number of ether oxygens (including phenoxy) is 1. The molecule has 0 saturated carbocycles. The maximum absolute atomic E-state index is 5.42. The third-order valence-electron chi connectivity index (χ3n) is 4.47. The molecular formula is C20H24N2O.